The standard InChI is InChI=1S/C53H89N7O/c1-13-48(32-28-41(7)54)57-43(9)52(35-31-47-29-33-49(61)34-30-47)59-45(11)53-27-23-37-60(53)46(12)50(14-2)58-44(10)51(26-22-36-55-15-3)56-42(8)25-21-19-17-16-18-20-24-40(6)38-39(4)5/h13,15,29-30,33-34,39-40,48,50-53,55-59,61H,1,3,7-12,14,16-28,31-32,35-38,54H2,2,4-6H3. The summed E-state index contributed by atoms with van der Waals surface area (Å²) >= 11 is 0. The van der Waals surface area contributed by atoms with Gasteiger partial charge >= 0.3 is 0 Å². The van der Waals surface area contributed by atoms with Gasteiger partial charge in [0.25, 0.3) is 0 Å². The van der Waals surface area contributed by atoms with Gasteiger partial charge in [-0.25, -0.2) is 0 Å². The van der Waals surface area contributed by atoms with Gasteiger partial charge in [0.15, 0.2) is 0 Å². The highest BCUT2D eigenvalue weighted by Gasteiger charge is 2.32. The smallest absolute Gasteiger partial charge is 0.115 e. The van der Waals surface area contributed by atoms with E-state index >= 15 is 0 Å². The number of rotatable bonds is 37. The second-order valence-electron chi connectivity index (χ2n) is 18.1. The number of aromatic hydroxyl groups is 1. The Labute approximate surface area is 374 Å². The minimum Gasteiger partial charge on any atom is -0.508 e. The molecule has 1 aromatic carbocycles. The highest BCUT2D eigenvalue weighted by atomic mass is 16.3. The second-order valence-corrected chi connectivity index (χ2v) is 18.1. The maximum atomic E-state index is 9.85. The van der Waals surface area contributed by atoms with Crippen LogP contribution in [0.15, 0.2) is 123 Å². The van der Waals surface area contributed by atoms with Gasteiger partial charge in [0.05, 0.1) is 24.2 Å². The number of phenols is 1. The van der Waals surface area contributed by atoms with Crippen molar-refractivity contribution in [3.05, 3.63) is 129 Å². The number of unbranched alkanes of at least 4 members (excludes halogenated alkanes) is 5. The Bertz CT molecular complexity index is 1510. The average molecular weight is 840 g/mol. The maximum Gasteiger partial charge on any atom is 0.115 e. The molecule has 0 radical (unpaired) electrons. The fourth-order valence-corrected chi connectivity index (χ4v) is 8.60. The van der Waals surface area contributed by atoms with Crippen molar-refractivity contribution in [2.24, 2.45) is 17.6 Å². The predicted octanol–water partition coefficient (Wildman–Crippen LogP) is 11.4. The van der Waals surface area contributed by atoms with E-state index in [1.807, 2.05) is 18.2 Å². The molecule has 8 nitrogen and oxygen atoms in total. The Morgan fingerprint density at radius 3 is 2.08 bits per heavy atom. The molecule has 1 saturated heterocycles. The van der Waals surface area contributed by atoms with Crippen LogP contribution in [0.2, 0.25) is 0 Å². The van der Waals surface area contributed by atoms with E-state index in [-0.39, 0.29) is 36.0 Å². The molecule has 1 aliphatic heterocycles. The molecule has 342 valence electrons. The summed E-state index contributed by atoms with van der Waals surface area (Å²) in [7, 11) is 0. The van der Waals surface area contributed by atoms with Crippen LogP contribution in [0.3, 0.4) is 0 Å². The molecule has 0 amide bonds. The van der Waals surface area contributed by atoms with E-state index in [9.17, 15) is 5.11 Å². The molecule has 0 aliphatic carbocycles. The van der Waals surface area contributed by atoms with Crippen LogP contribution in [-0.2, 0) is 6.42 Å². The number of nitrogens with zero attached hydrogens (tertiary/aromatic N) is 1. The first-order valence-corrected chi connectivity index (χ1v) is 23.6. The number of allylic oxidation sites excluding steroid dienone is 2. The number of benzene rings is 1. The molecule has 1 heterocycles. The molecule has 1 aromatic rings. The number of aryl methyl sites for hydroxylation is 1. The lowest BCUT2D eigenvalue weighted by atomic mass is 9.93. The van der Waals surface area contributed by atoms with Gasteiger partial charge in [-0.05, 0) is 113 Å². The fourth-order valence-electron chi connectivity index (χ4n) is 8.60. The summed E-state index contributed by atoms with van der Waals surface area (Å²) in [6.45, 7) is 45.7. The number of phenolic OH excluding ortho intramolecular Hbond substituents is 1. The molecule has 0 aromatic heterocycles. The summed E-state index contributed by atoms with van der Waals surface area (Å²) in [4.78, 5) is 2.43. The lowest BCUT2D eigenvalue weighted by Gasteiger charge is -2.37. The van der Waals surface area contributed by atoms with Crippen LogP contribution in [-0.4, -0.2) is 53.3 Å². The SMILES string of the molecule is C=CNCCCC(NC(=C)CCCCCCCCC(C)CC(C)C)C(=C)NC(CC)C(=C)N1CCCC1C(=C)NC(CCc1ccc(O)cc1)C(=C)NC(C=C)CCC(=C)N. The minimum atomic E-state index is -0.0933. The van der Waals surface area contributed by atoms with Crippen molar-refractivity contribution in [1.29, 1.82) is 0 Å². The van der Waals surface area contributed by atoms with Crippen LogP contribution in [0.4, 0.5) is 0 Å². The molecule has 0 spiro atoms. The van der Waals surface area contributed by atoms with Gasteiger partial charge in [0.2, 0.25) is 0 Å². The fraction of sp³-hybridized carbons (Fsp3) is 0.585. The zero-order chi connectivity index (χ0) is 45.2. The zero-order valence-electron chi connectivity index (χ0n) is 39.3. The van der Waals surface area contributed by atoms with Gasteiger partial charge in [-0.2, -0.15) is 0 Å². The number of nitrogens with two attached hydrogens (primary N) is 1. The number of likely N-dealkylation sites (tertiary alicyclic amines) is 1. The van der Waals surface area contributed by atoms with Crippen molar-refractivity contribution < 1.29 is 5.11 Å². The topological polar surface area (TPSA) is 110 Å². The lowest BCUT2D eigenvalue weighted by Crippen LogP contribution is -2.47. The molecule has 2 rings (SSSR count). The quantitative estimate of drug-likeness (QED) is 0.0262. The first-order chi connectivity index (χ1) is 29.2. The Morgan fingerprint density at radius 2 is 1.44 bits per heavy atom. The van der Waals surface area contributed by atoms with Crippen LogP contribution in [0.1, 0.15) is 142 Å². The van der Waals surface area contributed by atoms with Crippen LogP contribution in [0.25, 0.3) is 0 Å². The summed E-state index contributed by atoms with van der Waals surface area (Å²) in [6.07, 6.45) is 23.0. The van der Waals surface area contributed by atoms with E-state index in [0.29, 0.717) is 12.1 Å². The third kappa shape index (κ3) is 21.3. The number of hydrogen-bond acceptors (Lipinski definition) is 8. The number of hydrogen-bond donors (Lipinski definition) is 7. The maximum absolute atomic E-state index is 9.85. The highest BCUT2D eigenvalue weighted by molar-refractivity contribution is 5.27. The van der Waals surface area contributed by atoms with Gasteiger partial charge in [-0.15, -0.1) is 6.58 Å². The lowest BCUT2D eigenvalue weighted by molar-refractivity contribution is 0.304. The van der Waals surface area contributed by atoms with Crippen molar-refractivity contribution in [2.45, 2.75) is 173 Å². The Balaban J connectivity index is 2.06. The van der Waals surface area contributed by atoms with Crippen LogP contribution < -0.4 is 32.3 Å². The molecule has 8 N–H and O–H groups in total. The van der Waals surface area contributed by atoms with E-state index in [2.05, 4.69) is 105 Å². The Morgan fingerprint density at radius 1 is 0.787 bits per heavy atom. The third-order valence-electron chi connectivity index (χ3n) is 12.1. The first-order valence-electron chi connectivity index (χ1n) is 23.6. The molecular formula is C53H89N7O. The van der Waals surface area contributed by atoms with E-state index in [0.717, 1.165) is 123 Å². The molecular weight excluding hydrogens is 751 g/mol. The summed E-state index contributed by atoms with van der Waals surface area (Å²) < 4.78 is 0. The molecule has 0 saturated carbocycles. The molecule has 1 fully saturated rings. The normalized spacial score (nSPS) is 16.1. The monoisotopic (exact) mass is 840 g/mol. The summed E-state index contributed by atoms with van der Waals surface area (Å²) in [5, 5.41) is 28.1. The van der Waals surface area contributed by atoms with Crippen LogP contribution in [0.5, 0.6) is 5.75 Å². The van der Waals surface area contributed by atoms with Crippen molar-refractivity contribution in [2.75, 3.05) is 13.1 Å². The van der Waals surface area contributed by atoms with Crippen molar-refractivity contribution in [1.82, 2.24) is 31.5 Å². The molecule has 6 atom stereocenters. The van der Waals surface area contributed by atoms with Gasteiger partial charge in [0.1, 0.15) is 5.75 Å². The van der Waals surface area contributed by atoms with E-state index in [1.165, 1.54) is 44.9 Å². The van der Waals surface area contributed by atoms with E-state index in [1.54, 1.807) is 18.3 Å². The summed E-state index contributed by atoms with van der Waals surface area (Å²) in [5.41, 5.74) is 12.6. The van der Waals surface area contributed by atoms with Gasteiger partial charge in [-0.3, -0.25) is 0 Å². The van der Waals surface area contributed by atoms with Crippen molar-refractivity contribution >= 4 is 0 Å². The third-order valence-corrected chi connectivity index (χ3v) is 12.1. The van der Waals surface area contributed by atoms with Gasteiger partial charge < -0.3 is 42.3 Å². The highest BCUT2D eigenvalue weighted by Crippen LogP contribution is 2.29. The Hall–Kier alpha value is -4.46. The van der Waals surface area contributed by atoms with E-state index < -0.39 is 0 Å². The first kappa shape index (κ1) is 52.7. The Kier molecular flexibility index (Phi) is 25.7. The predicted molar refractivity (Wildman–Crippen MR) is 266 cm³/mol. The molecule has 1 aliphatic rings. The second kappa shape index (κ2) is 29.7. The van der Waals surface area contributed by atoms with Crippen LogP contribution in [0, 0.1) is 11.8 Å². The van der Waals surface area contributed by atoms with Gasteiger partial charge in [0, 0.05) is 53.3 Å². The largest absolute Gasteiger partial charge is 0.508 e. The molecule has 6 unspecified atom stereocenters. The summed E-state index contributed by atoms with van der Waals surface area (Å²) in [5.74, 6) is 1.91. The molecule has 8 heteroatoms. The zero-order valence-corrected chi connectivity index (χ0v) is 39.3. The average Bonchev–Trinajstić information content (AvgIpc) is 3.72. The molecule has 0 bridgehead atoms. The summed E-state index contributed by atoms with van der Waals surface area (Å²) in [6, 6.07) is 7.49. The minimum absolute atomic E-state index is 0.00756. The van der Waals surface area contributed by atoms with Crippen LogP contribution >= 0.6 is 0 Å². The molecule has 61 heavy (non-hydrogen) atoms. The van der Waals surface area contributed by atoms with E-state index in [4.69, 9.17) is 12.3 Å². The van der Waals surface area contributed by atoms with Crippen molar-refractivity contribution in [3.8, 4) is 5.75 Å². The van der Waals surface area contributed by atoms with Crippen molar-refractivity contribution in [3.63, 3.8) is 0 Å². The number of nitrogens with one attached hydrogen (secondary N) is 5. The van der Waals surface area contributed by atoms with Gasteiger partial charge in [-0.1, -0.05) is 130 Å².